The fourth-order valence-electron chi connectivity index (χ4n) is 6.69. The Morgan fingerprint density at radius 3 is 1.93 bits per heavy atom. The highest BCUT2D eigenvalue weighted by Crippen LogP contribution is 2.61. The molecule has 30 heavy (non-hydrogen) atoms. The van der Waals surface area contributed by atoms with Gasteiger partial charge < -0.3 is 4.74 Å². The van der Waals surface area contributed by atoms with E-state index >= 15 is 0 Å². The average Bonchev–Trinajstić information content (AvgIpc) is 2.71. The standard InChI is InChI=1S/C27H31NO2/c1-18(27-14-21-11-22(15-27)13-23(12-21)16-27)28-17-20-3-5-24(6-4-20)25-7-9-26(10-8-25)30-19(2)29/h3-10,17-18,21-23H,11-16H2,1-2H3. The number of hydrogen-bond acceptors (Lipinski definition) is 3. The van der Waals surface area contributed by atoms with Crippen LogP contribution in [-0.2, 0) is 4.79 Å². The third-order valence-corrected chi connectivity index (χ3v) is 7.78. The van der Waals surface area contributed by atoms with Crippen LogP contribution in [0.4, 0.5) is 0 Å². The summed E-state index contributed by atoms with van der Waals surface area (Å²) in [4.78, 5) is 16.1. The van der Waals surface area contributed by atoms with Gasteiger partial charge in [-0.25, -0.2) is 0 Å². The van der Waals surface area contributed by atoms with Crippen molar-refractivity contribution in [2.24, 2.45) is 28.2 Å². The van der Waals surface area contributed by atoms with Gasteiger partial charge in [0.1, 0.15) is 5.75 Å². The van der Waals surface area contributed by atoms with Crippen molar-refractivity contribution in [1.82, 2.24) is 0 Å². The molecule has 6 rings (SSSR count). The summed E-state index contributed by atoms with van der Waals surface area (Å²) in [6.07, 6.45) is 10.7. The van der Waals surface area contributed by atoms with Gasteiger partial charge in [0.25, 0.3) is 0 Å². The van der Waals surface area contributed by atoms with Gasteiger partial charge >= 0.3 is 5.97 Å². The molecule has 0 amide bonds. The number of ether oxygens (including phenoxy) is 1. The molecule has 1 unspecified atom stereocenters. The number of hydrogen-bond donors (Lipinski definition) is 0. The van der Waals surface area contributed by atoms with Crippen molar-refractivity contribution >= 4 is 12.2 Å². The third kappa shape index (κ3) is 3.82. The number of carbonyl (C=O) groups is 1. The minimum Gasteiger partial charge on any atom is -0.427 e. The highest BCUT2D eigenvalue weighted by atomic mass is 16.5. The Hall–Kier alpha value is -2.42. The van der Waals surface area contributed by atoms with Crippen LogP contribution in [0.25, 0.3) is 11.1 Å². The minimum atomic E-state index is -0.297. The van der Waals surface area contributed by atoms with E-state index in [1.54, 1.807) is 0 Å². The number of nitrogens with zero attached hydrogens (tertiary/aromatic N) is 1. The van der Waals surface area contributed by atoms with Crippen LogP contribution in [0.15, 0.2) is 53.5 Å². The first-order valence-corrected chi connectivity index (χ1v) is 11.4. The Kier molecular flexibility index (Phi) is 5.00. The van der Waals surface area contributed by atoms with Gasteiger partial charge in [-0.2, -0.15) is 0 Å². The van der Waals surface area contributed by atoms with E-state index in [0.29, 0.717) is 17.2 Å². The smallest absolute Gasteiger partial charge is 0.308 e. The van der Waals surface area contributed by atoms with Crippen LogP contribution in [0.1, 0.15) is 57.9 Å². The van der Waals surface area contributed by atoms with Crippen molar-refractivity contribution < 1.29 is 9.53 Å². The summed E-state index contributed by atoms with van der Waals surface area (Å²) >= 11 is 0. The summed E-state index contributed by atoms with van der Waals surface area (Å²) in [5.74, 6) is 3.20. The molecule has 4 fully saturated rings. The first-order chi connectivity index (χ1) is 14.5. The van der Waals surface area contributed by atoms with E-state index in [0.717, 1.165) is 34.4 Å². The topological polar surface area (TPSA) is 38.7 Å². The summed E-state index contributed by atoms with van der Waals surface area (Å²) in [5.41, 5.74) is 3.88. The monoisotopic (exact) mass is 401 g/mol. The second-order valence-corrected chi connectivity index (χ2v) is 9.97. The molecule has 4 aliphatic carbocycles. The first-order valence-electron chi connectivity index (χ1n) is 11.4. The molecule has 0 heterocycles. The predicted octanol–water partition coefficient (Wildman–Crippen LogP) is 6.30. The molecule has 156 valence electrons. The molecule has 0 aromatic heterocycles. The van der Waals surface area contributed by atoms with Gasteiger partial charge in [-0.15, -0.1) is 0 Å². The number of esters is 1. The van der Waals surface area contributed by atoms with Gasteiger partial charge in [0, 0.05) is 13.1 Å². The third-order valence-electron chi connectivity index (χ3n) is 7.78. The van der Waals surface area contributed by atoms with Crippen molar-refractivity contribution in [1.29, 1.82) is 0 Å². The second-order valence-electron chi connectivity index (χ2n) is 9.97. The Morgan fingerprint density at radius 2 is 1.43 bits per heavy atom. The molecule has 0 radical (unpaired) electrons. The Labute approximate surface area is 179 Å². The maximum atomic E-state index is 11.1. The molecule has 3 heteroatoms. The van der Waals surface area contributed by atoms with Gasteiger partial charge in [0.15, 0.2) is 0 Å². The highest BCUT2D eigenvalue weighted by molar-refractivity contribution is 5.81. The Bertz CT molecular complexity index is 907. The fraction of sp³-hybridized carbons (Fsp3) is 0.481. The molecule has 4 saturated carbocycles. The lowest BCUT2D eigenvalue weighted by Gasteiger charge is -2.58. The highest BCUT2D eigenvalue weighted by Gasteiger charge is 2.53. The van der Waals surface area contributed by atoms with Crippen molar-refractivity contribution in [2.75, 3.05) is 0 Å². The van der Waals surface area contributed by atoms with Crippen molar-refractivity contribution in [2.45, 2.75) is 58.4 Å². The molecular weight excluding hydrogens is 370 g/mol. The number of benzene rings is 2. The van der Waals surface area contributed by atoms with Crippen molar-refractivity contribution in [3.63, 3.8) is 0 Å². The molecule has 1 atom stereocenters. The Morgan fingerprint density at radius 1 is 0.933 bits per heavy atom. The summed E-state index contributed by atoms with van der Waals surface area (Å²) < 4.78 is 5.11. The van der Waals surface area contributed by atoms with E-state index in [4.69, 9.17) is 9.73 Å². The van der Waals surface area contributed by atoms with Crippen molar-refractivity contribution in [3.05, 3.63) is 54.1 Å². The van der Waals surface area contributed by atoms with Crippen LogP contribution >= 0.6 is 0 Å². The van der Waals surface area contributed by atoms with E-state index in [2.05, 4.69) is 37.4 Å². The molecule has 0 spiro atoms. The fourth-order valence-corrected chi connectivity index (χ4v) is 6.69. The lowest BCUT2D eigenvalue weighted by atomic mass is 9.48. The summed E-state index contributed by atoms with van der Waals surface area (Å²) in [5, 5.41) is 0. The zero-order valence-electron chi connectivity index (χ0n) is 18.0. The molecule has 2 aromatic carbocycles. The average molecular weight is 402 g/mol. The second kappa shape index (κ2) is 7.68. The quantitative estimate of drug-likeness (QED) is 0.335. The minimum absolute atomic E-state index is 0.297. The van der Waals surface area contributed by atoms with Gasteiger partial charge in [-0.1, -0.05) is 36.4 Å². The largest absolute Gasteiger partial charge is 0.427 e. The molecule has 0 saturated heterocycles. The maximum Gasteiger partial charge on any atom is 0.308 e. The lowest BCUT2D eigenvalue weighted by molar-refractivity contribution is -0.131. The zero-order valence-corrected chi connectivity index (χ0v) is 18.0. The maximum absolute atomic E-state index is 11.1. The molecule has 0 aliphatic heterocycles. The van der Waals surface area contributed by atoms with Gasteiger partial charge in [-0.05, 0) is 97.4 Å². The summed E-state index contributed by atoms with van der Waals surface area (Å²) in [7, 11) is 0. The van der Waals surface area contributed by atoms with Crippen LogP contribution in [0, 0.1) is 23.2 Å². The molecule has 2 aromatic rings. The van der Waals surface area contributed by atoms with E-state index in [9.17, 15) is 4.79 Å². The van der Waals surface area contributed by atoms with Crippen LogP contribution in [-0.4, -0.2) is 18.2 Å². The SMILES string of the molecule is CC(=O)Oc1ccc(-c2ccc(C=NC(C)C34CC5CC(CC(C5)C3)C4)cc2)cc1. The summed E-state index contributed by atoms with van der Waals surface area (Å²) in [6.45, 7) is 3.76. The molecule has 0 N–H and O–H groups in total. The van der Waals surface area contributed by atoms with Gasteiger partial charge in [0.05, 0.1) is 6.04 Å². The van der Waals surface area contributed by atoms with E-state index < -0.39 is 0 Å². The first kappa shape index (κ1) is 19.5. The number of aliphatic imine (C=N–C) groups is 1. The molecular formula is C27H31NO2. The van der Waals surface area contributed by atoms with E-state index in [-0.39, 0.29) is 5.97 Å². The van der Waals surface area contributed by atoms with Crippen LogP contribution in [0.5, 0.6) is 5.75 Å². The van der Waals surface area contributed by atoms with Crippen LogP contribution in [0.3, 0.4) is 0 Å². The normalized spacial score (nSPS) is 30.5. The van der Waals surface area contributed by atoms with Crippen LogP contribution < -0.4 is 4.74 Å². The van der Waals surface area contributed by atoms with Gasteiger partial charge in [-0.3, -0.25) is 9.79 Å². The Balaban J connectivity index is 1.26. The molecule has 4 bridgehead atoms. The molecule has 4 aliphatic rings. The molecule has 3 nitrogen and oxygen atoms in total. The number of rotatable bonds is 5. The predicted molar refractivity (Wildman–Crippen MR) is 121 cm³/mol. The van der Waals surface area contributed by atoms with Crippen LogP contribution in [0.2, 0.25) is 0 Å². The van der Waals surface area contributed by atoms with Crippen molar-refractivity contribution in [3.8, 4) is 16.9 Å². The number of carbonyl (C=O) groups excluding carboxylic acids is 1. The van der Waals surface area contributed by atoms with Gasteiger partial charge in [0.2, 0.25) is 0 Å². The zero-order chi connectivity index (χ0) is 20.7. The summed E-state index contributed by atoms with van der Waals surface area (Å²) in [6, 6.07) is 16.6. The lowest BCUT2D eigenvalue weighted by Crippen LogP contribution is -2.50. The van der Waals surface area contributed by atoms with E-state index in [1.807, 2.05) is 24.3 Å². The van der Waals surface area contributed by atoms with E-state index in [1.165, 1.54) is 45.4 Å².